The fraction of sp³-hybridized carbons (Fsp3) is 0.368. The second-order valence-electron chi connectivity index (χ2n) is 6.03. The Bertz CT molecular complexity index is 808. The van der Waals surface area contributed by atoms with Gasteiger partial charge in [-0.1, -0.05) is 18.2 Å². The van der Waals surface area contributed by atoms with Crippen molar-refractivity contribution < 1.29 is 27.9 Å². The Hall–Kier alpha value is -2.47. The molecule has 132 valence electrons. The van der Waals surface area contributed by atoms with Crippen molar-refractivity contribution in [3.05, 3.63) is 58.3 Å². The smallest absolute Gasteiger partial charge is 0.374 e. The number of ether oxygens (including phenoxy) is 2. The number of methoxy groups -OCH3 is 1. The fourth-order valence-electron chi connectivity index (χ4n) is 3.21. The summed E-state index contributed by atoms with van der Waals surface area (Å²) < 4.78 is 29.6. The second kappa shape index (κ2) is 7.19. The molecule has 3 rings (SSSR count). The number of fused-ring (bicyclic) bond motifs is 1. The lowest BCUT2D eigenvalue weighted by atomic mass is 9.81. The van der Waals surface area contributed by atoms with Crippen molar-refractivity contribution in [1.82, 2.24) is 0 Å². The third-order valence-corrected chi connectivity index (χ3v) is 4.41. The number of halogens is 1. The summed E-state index contributed by atoms with van der Waals surface area (Å²) in [5.41, 5.74) is 1.39. The Kier molecular flexibility index (Phi) is 4.99. The minimum Gasteiger partial charge on any atom is -0.457 e. The molecule has 5 nitrogen and oxygen atoms in total. The van der Waals surface area contributed by atoms with Gasteiger partial charge in [0.05, 0.1) is 12.2 Å². The van der Waals surface area contributed by atoms with Crippen LogP contribution in [0.25, 0.3) is 0 Å². The Morgan fingerprint density at radius 1 is 1.28 bits per heavy atom. The topological polar surface area (TPSA) is 65.7 Å². The zero-order valence-corrected chi connectivity index (χ0v) is 14.1. The normalized spacial score (nSPS) is 16.6. The molecular weight excluding hydrogens is 327 g/mol. The molecule has 0 unspecified atom stereocenters. The summed E-state index contributed by atoms with van der Waals surface area (Å²) in [6.45, 7) is 2.04. The van der Waals surface area contributed by atoms with Crippen molar-refractivity contribution in [3.63, 3.8) is 0 Å². The molecule has 0 aliphatic heterocycles. The zero-order chi connectivity index (χ0) is 18.0. The van der Waals surface area contributed by atoms with Gasteiger partial charge in [0.1, 0.15) is 18.2 Å². The summed E-state index contributed by atoms with van der Waals surface area (Å²) in [6.07, 6.45) is 0.556. The van der Waals surface area contributed by atoms with Crippen LogP contribution in [-0.4, -0.2) is 32.1 Å². The third-order valence-electron chi connectivity index (χ3n) is 4.41. The van der Waals surface area contributed by atoms with Crippen LogP contribution in [-0.2, 0) is 15.9 Å². The number of Topliss-reactive ketones (excluding diaryl/α,β-unsaturated/α-hetero) is 1. The first kappa shape index (κ1) is 17.4. The number of carbonyl (C=O) groups is 2. The Labute approximate surface area is 144 Å². The van der Waals surface area contributed by atoms with Crippen LogP contribution in [0.2, 0.25) is 0 Å². The first-order valence-corrected chi connectivity index (χ1v) is 8.08. The summed E-state index contributed by atoms with van der Waals surface area (Å²) in [5.74, 6) is -0.967. The molecule has 2 aromatic rings. The van der Waals surface area contributed by atoms with Gasteiger partial charge < -0.3 is 13.9 Å². The zero-order valence-electron chi connectivity index (χ0n) is 14.1. The monoisotopic (exact) mass is 346 g/mol. The second-order valence-corrected chi connectivity index (χ2v) is 6.03. The Balaban J connectivity index is 1.87. The first-order chi connectivity index (χ1) is 12.0. The maximum atomic E-state index is 14.0. The Morgan fingerprint density at radius 3 is 2.76 bits per heavy atom. The van der Waals surface area contributed by atoms with Crippen molar-refractivity contribution in [1.29, 1.82) is 0 Å². The molecule has 1 heterocycles. The van der Waals surface area contributed by atoms with Crippen LogP contribution < -0.4 is 0 Å². The number of benzene rings is 1. The summed E-state index contributed by atoms with van der Waals surface area (Å²) in [6, 6.07) is 6.40. The predicted molar refractivity (Wildman–Crippen MR) is 87.4 cm³/mol. The highest BCUT2D eigenvalue weighted by Crippen LogP contribution is 2.37. The third kappa shape index (κ3) is 3.35. The van der Waals surface area contributed by atoms with Crippen LogP contribution in [0.15, 0.2) is 28.7 Å². The average molecular weight is 346 g/mol. The van der Waals surface area contributed by atoms with Crippen molar-refractivity contribution in [2.75, 3.05) is 20.3 Å². The predicted octanol–water partition coefficient (Wildman–Crippen LogP) is 3.44. The molecule has 0 radical (unpaired) electrons. The number of hydrogen-bond donors (Lipinski definition) is 0. The summed E-state index contributed by atoms with van der Waals surface area (Å²) in [7, 11) is 1.51. The van der Waals surface area contributed by atoms with E-state index in [9.17, 15) is 14.0 Å². The van der Waals surface area contributed by atoms with Crippen LogP contribution in [0, 0.1) is 12.7 Å². The molecular formula is C19H19FO5. The van der Waals surface area contributed by atoms with E-state index in [1.807, 2.05) is 0 Å². The molecule has 1 aliphatic rings. The number of carbonyl (C=O) groups excluding carboxylic acids is 2. The number of hydrogen-bond acceptors (Lipinski definition) is 5. The molecule has 25 heavy (non-hydrogen) atoms. The van der Waals surface area contributed by atoms with Crippen LogP contribution in [0.1, 0.15) is 50.1 Å². The van der Waals surface area contributed by atoms with Crippen LogP contribution in [0.5, 0.6) is 0 Å². The SMILES string of the molecule is COCCOC(=O)c1oc2c(c1C)C(=O)C[C@@H](c1ccccc1F)C2. The molecule has 0 saturated heterocycles. The Morgan fingerprint density at radius 2 is 2.04 bits per heavy atom. The maximum Gasteiger partial charge on any atom is 0.374 e. The van der Waals surface area contributed by atoms with Crippen LogP contribution in [0.4, 0.5) is 4.39 Å². The van der Waals surface area contributed by atoms with Crippen molar-refractivity contribution >= 4 is 11.8 Å². The molecule has 0 fully saturated rings. The van der Waals surface area contributed by atoms with Crippen molar-refractivity contribution in [3.8, 4) is 0 Å². The number of ketones is 1. The van der Waals surface area contributed by atoms with E-state index in [1.165, 1.54) is 13.2 Å². The standard InChI is InChI=1S/C19H19FO5/c1-11-17-15(21)9-12(13-5-3-4-6-14(13)20)10-16(17)25-18(11)19(22)24-8-7-23-2/h3-6,12H,7-10H2,1-2H3/t12-/m1/s1. The molecule has 1 aliphatic carbocycles. The fourth-order valence-corrected chi connectivity index (χ4v) is 3.21. The summed E-state index contributed by atoms with van der Waals surface area (Å²) in [4.78, 5) is 24.7. The van der Waals surface area contributed by atoms with E-state index in [0.29, 0.717) is 28.9 Å². The minimum atomic E-state index is -0.626. The first-order valence-electron chi connectivity index (χ1n) is 8.08. The molecule has 0 amide bonds. The van der Waals surface area contributed by atoms with Crippen LogP contribution in [0.3, 0.4) is 0 Å². The van der Waals surface area contributed by atoms with Gasteiger partial charge in [-0.05, 0) is 18.6 Å². The number of rotatable bonds is 5. The van der Waals surface area contributed by atoms with E-state index >= 15 is 0 Å². The quantitative estimate of drug-likeness (QED) is 0.613. The van der Waals surface area contributed by atoms with Gasteiger partial charge in [-0.3, -0.25) is 4.79 Å². The van der Waals surface area contributed by atoms with E-state index in [-0.39, 0.29) is 42.9 Å². The van der Waals surface area contributed by atoms with Crippen molar-refractivity contribution in [2.45, 2.75) is 25.7 Å². The van der Waals surface area contributed by atoms with E-state index in [1.54, 1.807) is 25.1 Å². The minimum absolute atomic E-state index is 0.0311. The van der Waals surface area contributed by atoms with Gasteiger partial charge in [-0.15, -0.1) is 0 Å². The molecule has 0 N–H and O–H groups in total. The maximum absolute atomic E-state index is 14.0. The average Bonchev–Trinajstić information content (AvgIpc) is 2.92. The highest BCUT2D eigenvalue weighted by Gasteiger charge is 2.35. The molecule has 1 aromatic carbocycles. The lowest BCUT2D eigenvalue weighted by molar-refractivity contribution is 0.0351. The van der Waals surface area contributed by atoms with E-state index in [4.69, 9.17) is 13.9 Å². The van der Waals surface area contributed by atoms with Gasteiger partial charge in [-0.2, -0.15) is 0 Å². The number of furan rings is 1. The lowest BCUT2D eigenvalue weighted by Crippen LogP contribution is -2.19. The largest absolute Gasteiger partial charge is 0.457 e. The molecule has 0 spiro atoms. The van der Waals surface area contributed by atoms with Gasteiger partial charge in [0, 0.05) is 31.4 Å². The molecule has 1 atom stereocenters. The van der Waals surface area contributed by atoms with Crippen LogP contribution >= 0.6 is 0 Å². The number of esters is 1. The molecule has 6 heteroatoms. The van der Waals surface area contributed by atoms with Gasteiger partial charge >= 0.3 is 5.97 Å². The van der Waals surface area contributed by atoms with E-state index < -0.39 is 5.97 Å². The van der Waals surface area contributed by atoms with E-state index in [2.05, 4.69) is 0 Å². The van der Waals surface area contributed by atoms with Gasteiger partial charge in [0.25, 0.3) is 0 Å². The lowest BCUT2D eigenvalue weighted by Gasteiger charge is -2.21. The van der Waals surface area contributed by atoms with Gasteiger partial charge in [0.2, 0.25) is 5.76 Å². The highest BCUT2D eigenvalue weighted by atomic mass is 19.1. The molecule has 1 aromatic heterocycles. The van der Waals surface area contributed by atoms with E-state index in [0.717, 1.165) is 0 Å². The highest BCUT2D eigenvalue weighted by molar-refractivity contribution is 6.03. The molecule has 0 bridgehead atoms. The molecule has 0 saturated carbocycles. The summed E-state index contributed by atoms with van der Waals surface area (Å²) >= 11 is 0. The summed E-state index contributed by atoms with van der Waals surface area (Å²) in [5, 5.41) is 0. The van der Waals surface area contributed by atoms with Gasteiger partial charge in [-0.25, -0.2) is 9.18 Å². The van der Waals surface area contributed by atoms with Crippen molar-refractivity contribution in [2.24, 2.45) is 0 Å². The van der Waals surface area contributed by atoms with Gasteiger partial charge in [0.15, 0.2) is 5.78 Å².